The largest absolute Gasteiger partial charge is 0.357 e. The van der Waals surface area contributed by atoms with Crippen molar-refractivity contribution in [3.05, 3.63) is 11.7 Å². The van der Waals surface area contributed by atoms with Crippen LogP contribution < -0.4 is 5.32 Å². The lowest BCUT2D eigenvalue weighted by molar-refractivity contribution is 0.299. The minimum atomic E-state index is 0. The fourth-order valence-corrected chi connectivity index (χ4v) is 3.56. The molecule has 124 valence electrons. The molecular formula is C15H26IN5O. The van der Waals surface area contributed by atoms with Crippen molar-refractivity contribution >= 4 is 29.9 Å². The first-order chi connectivity index (χ1) is 10.3. The molecule has 2 aliphatic rings. The van der Waals surface area contributed by atoms with E-state index in [9.17, 15) is 0 Å². The molecule has 2 atom stereocenters. The van der Waals surface area contributed by atoms with E-state index in [2.05, 4.69) is 32.3 Å². The lowest BCUT2D eigenvalue weighted by Crippen LogP contribution is -2.40. The van der Waals surface area contributed by atoms with E-state index in [0.29, 0.717) is 18.3 Å². The number of nitrogens with one attached hydrogen (secondary N) is 1. The first-order valence-electron chi connectivity index (χ1n) is 8.08. The van der Waals surface area contributed by atoms with E-state index in [0.717, 1.165) is 37.4 Å². The van der Waals surface area contributed by atoms with E-state index < -0.39 is 0 Å². The Kier molecular flexibility index (Phi) is 6.46. The maximum absolute atomic E-state index is 5.00. The molecule has 1 aromatic heterocycles. The summed E-state index contributed by atoms with van der Waals surface area (Å²) in [5.41, 5.74) is 0. The van der Waals surface area contributed by atoms with E-state index in [1.807, 2.05) is 0 Å². The van der Waals surface area contributed by atoms with Gasteiger partial charge in [0.25, 0.3) is 0 Å². The minimum absolute atomic E-state index is 0. The fourth-order valence-electron chi connectivity index (χ4n) is 3.56. The zero-order valence-electron chi connectivity index (χ0n) is 13.4. The molecule has 0 spiro atoms. The lowest BCUT2D eigenvalue weighted by Gasteiger charge is -2.22. The van der Waals surface area contributed by atoms with Crippen molar-refractivity contribution in [1.82, 2.24) is 20.4 Å². The molecule has 2 unspecified atom stereocenters. The molecule has 0 bridgehead atoms. The fraction of sp³-hybridized carbons (Fsp3) is 0.800. The highest BCUT2D eigenvalue weighted by molar-refractivity contribution is 14.0. The number of nitrogens with zero attached hydrogens (tertiary/aromatic N) is 4. The van der Waals surface area contributed by atoms with Crippen molar-refractivity contribution in [3.63, 3.8) is 0 Å². The standard InChI is InChI=1S/C15H25N5O.HI/c1-3-16-15(17-8-14-18-11(2)21-19-14)20-9-12-6-4-5-7-13(12)10-20;/h12-13H,3-10H2,1-2H3,(H,16,17);1H. The lowest BCUT2D eigenvalue weighted by atomic mass is 9.82. The zero-order valence-corrected chi connectivity index (χ0v) is 15.7. The number of likely N-dealkylation sites (tertiary alicyclic amines) is 1. The third-order valence-electron chi connectivity index (χ3n) is 4.55. The summed E-state index contributed by atoms with van der Waals surface area (Å²) in [5.74, 6) is 3.95. The molecule has 1 N–H and O–H groups in total. The van der Waals surface area contributed by atoms with E-state index in [4.69, 9.17) is 4.52 Å². The Hall–Kier alpha value is -0.860. The Bertz CT molecular complexity index is 490. The number of halogens is 1. The van der Waals surface area contributed by atoms with Crippen LogP contribution in [0.25, 0.3) is 0 Å². The van der Waals surface area contributed by atoms with Crippen LogP contribution in [-0.4, -0.2) is 40.6 Å². The second-order valence-electron chi connectivity index (χ2n) is 6.11. The van der Waals surface area contributed by atoms with E-state index in [-0.39, 0.29) is 24.0 Å². The Morgan fingerprint density at radius 2 is 2.00 bits per heavy atom. The van der Waals surface area contributed by atoms with Crippen LogP contribution in [0.3, 0.4) is 0 Å². The van der Waals surface area contributed by atoms with Crippen LogP contribution in [0.15, 0.2) is 9.52 Å². The van der Waals surface area contributed by atoms with Gasteiger partial charge in [-0.15, -0.1) is 24.0 Å². The molecule has 1 aromatic rings. The van der Waals surface area contributed by atoms with Crippen LogP contribution >= 0.6 is 24.0 Å². The summed E-state index contributed by atoms with van der Waals surface area (Å²) in [6.07, 6.45) is 5.55. The highest BCUT2D eigenvalue weighted by Gasteiger charge is 2.35. The third-order valence-corrected chi connectivity index (χ3v) is 4.55. The number of aliphatic imine (C=N–C) groups is 1. The minimum Gasteiger partial charge on any atom is -0.357 e. The first kappa shape index (κ1) is 17.5. The van der Waals surface area contributed by atoms with Crippen LogP contribution in [0.4, 0.5) is 0 Å². The van der Waals surface area contributed by atoms with Gasteiger partial charge < -0.3 is 14.7 Å². The van der Waals surface area contributed by atoms with Gasteiger partial charge in [0.1, 0.15) is 6.54 Å². The highest BCUT2D eigenvalue weighted by Crippen LogP contribution is 2.35. The van der Waals surface area contributed by atoms with Crippen molar-refractivity contribution in [2.24, 2.45) is 16.8 Å². The molecule has 3 rings (SSSR count). The third kappa shape index (κ3) is 4.11. The molecule has 2 heterocycles. The van der Waals surface area contributed by atoms with Crippen LogP contribution in [-0.2, 0) is 6.54 Å². The summed E-state index contributed by atoms with van der Waals surface area (Å²) in [6.45, 7) is 7.55. The number of hydrogen-bond acceptors (Lipinski definition) is 4. The average molecular weight is 419 g/mol. The number of aryl methyl sites for hydroxylation is 1. The molecule has 1 aliphatic heterocycles. The molecule has 1 saturated carbocycles. The van der Waals surface area contributed by atoms with Gasteiger partial charge in [-0.3, -0.25) is 0 Å². The zero-order chi connectivity index (χ0) is 14.7. The molecule has 6 nitrogen and oxygen atoms in total. The number of aromatic nitrogens is 2. The van der Waals surface area contributed by atoms with Crippen LogP contribution in [0.5, 0.6) is 0 Å². The smallest absolute Gasteiger partial charge is 0.223 e. The van der Waals surface area contributed by atoms with Gasteiger partial charge in [0.2, 0.25) is 5.89 Å². The predicted molar refractivity (Wildman–Crippen MR) is 96.3 cm³/mol. The molecule has 22 heavy (non-hydrogen) atoms. The van der Waals surface area contributed by atoms with Crippen molar-refractivity contribution in [2.45, 2.75) is 46.1 Å². The van der Waals surface area contributed by atoms with Gasteiger partial charge in [0.05, 0.1) is 0 Å². The highest BCUT2D eigenvalue weighted by atomic mass is 127. The number of fused-ring (bicyclic) bond motifs is 1. The number of rotatable bonds is 3. The number of guanidine groups is 1. The van der Waals surface area contributed by atoms with Crippen molar-refractivity contribution in [1.29, 1.82) is 0 Å². The second-order valence-corrected chi connectivity index (χ2v) is 6.11. The summed E-state index contributed by atoms with van der Waals surface area (Å²) in [4.78, 5) is 11.3. The molecule has 1 aliphatic carbocycles. The van der Waals surface area contributed by atoms with Gasteiger partial charge >= 0.3 is 0 Å². The van der Waals surface area contributed by atoms with Gasteiger partial charge in [-0.2, -0.15) is 4.98 Å². The Morgan fingerprint density at radius 1 is 1.32 bits per heavy atom. The second kappa shape index (κ2) is 8.12. The molecule has 7 heteroatoms. The summed E-state index contributed by atoms with van der Waals surface area (Å²) < 4.78 is 5.00. The Labute approximate surface area is 149 Å². The quantitative estimate of drug-likeness (QED) is 0.464. The molecule has 0 radical (unpaired) electrons. The van der Waals surface area contributed by atoms with Crippen molar-refractivity contribution in [3.8, 4) is 0 Å². The Morgan fingerprint density at radius 3 is 2.55 bits per heavy atom. The predicted octanol–water partition coefficient (Wildman–Crippen LogP) is 2.58. The van der Waals surface area contributed by atoms with E-state index >= 15 is 0 Å². The molecule has 1 saturated heterocycles. The molecule has 0 amide bonds. The van der Waals surface area contributed by atoms with Gasteiger partial charge in [0, 0.05) is 26.6 Å². The van der Waals surface area contributed by atoms with E-state index in [1.165, 1.54) is 25.7 Å². The first-order valence-corrected chi connectivity index (χ1v) is 8.08. The topological polar surface area (TPSA) is 66.5 Å². The van der Waals surface area contributed by atoms with Crippen LogP contribution in [0.1, 0.15) is 44.3 Å². The van der Waals surface area contributed by atoms with Crippen LogP contribution in [0.2, 0.25) is 0 Å². The summed E-state index contributed by atoms with van der Waals surface area (Å²) in [7, 11) is 0. The average Bonchev–Trinajstić information content (AvgIpc) is 3.09. The summed E-state index contributed by atoms with van der Waals surface area (Å²) in [5, 5.41) is 7.31. The molecule has 2 fully saturated rings. The normalized spacial score (nSPS) is 24.8. The summed E-state index contributed by atoms with van der Waals surface area (Å²) in [6, 6.07) is 0. The SMILES string of the molecule is CCNC(=NCc1noc(C)n1)N1CC2CCCCC2C1.I. The van der Waals surface area contributed by atoms with Crippen LogP contribution in [0, 0.1) is 18.8 Å². The van der Waals surface area contributed by atoms with Gasteiger partial charge in [0.15, 0.2) is 11.8 Å². The monoisotopic (exact) mass is 419 g/mol. The molecule has 0 aromatic carbocycles. The maximum atomic E-state index is 5.00. The van der Waals surface area contributed by atoms with E-state index in [1.54, 1.807) is 6.92 Å². The number of hydrogen-bond donors (Lipinski definition) is 1. The molecular weight excluding hydrogens is 393 g/mol. The van der Waals surface area contributed by atoms with Gasteiger partial charge in [-0.25, -0.2) is 4.99 Å². The Balaban J connectivity index is 0.00000176. The maximum Gasteiger partial charge on any atom is 0.223 e. The van der Waals surface area contributed by atoms with Crippen molar-refractivity contribution < 1.29 is 4.52 Å². The van der Waals surface area contributed by atoms with Crippen molar-refractivity contribution in [2.75, 3.05) is 19.6 Å². The van der Waals surface area contributed by atoms with Gasteiger partial charge in [-0.05, 0) is 31.6 Å². The summed E-state index contributed by atoms with van der Waals surface area (Å²) >= 11 is 0. The van der Waals surface area contributed by atoms with Gasteiger partial charge in [-0.1, -0.05) is 18.0 Å².